The molecule has 280 valence electrons. The molecule has 2 heterocycles. The molecule has 3 rings (SSSR count). The van der Waals surface area contributed by atoms with Gasteiger partial charge in [-0.2, -0.15) is 0 Å². The van der Waals surface area contributed by atoms with Crippen molar-refractivity contribution in [2.45, 2.75) is 121 Å². The molecule has 0 bridgehead atoms. The smallest absolute Gasteiger partial charge is 0.417 e. The number of fused-ring (bicyclic) bond motifs is 1. The van der Waals surface area contributed by atoms with Crippen molar-refractivity contribution in [3.63, 3.8) is 0 Å². The highest BCUT2D eigenvalue weighted by molar-refractivity contribution is 5.93. The Morgan fingerprint density at radius 3 is 2.34 bits per heavy atom. The fraction of sp³-hybridized carbons (Fsp3) is 0.800. The van der Waals surface area contributed by atoms with E-state index in [9.17, 15) is 39.0 Å². The SMILES string of the molecule is CCCCO[C@H]1C(CO[C@]2(C(=O)OC)C[C@H]3OC(=O)N(C(C)=O)[C@H]3C([C@H](OC(C)=O)[C@@H](COC(C)=O)OC(C)=O)O2)C[C@@H](O)[C@@H](N=[N+]=[N-])C1O. The van der Waals surface area contributed by atoms with E-state index in [1.807, 2.05) is 6.92 Å². The largest absolute Gasteiger partial charge is 0.465 e. The molecule has 3 aliphatic rings. The lowest BCUT2D eigenvalue weighted by molar-refractivity contribution is -0.317. The van der Waals surface area contributed by atoms with E-state index in [2.05, 4.69) is 10.0 Å². The summed E-state index contributed by atoms with van der Waals surface area (Å²) in [5, 5.41) is 25.3. The van der Waals surface area contributed by atoms with Crippen LogP contribution in [0, 0.1) is 5.92 Å². The zero-order valence-electron chi connectivity index (χ0n) is 28.6. The van der Waals surface area contributed by atoms with Gasteiger partial charge in [0.25, 0.3) is 5.79 Å². The highest BCUT2D eigenvalue weighted by Gasteiger charge is 2.64. The number of nitrogens with zero attached hydrogens (tertiary/aromatic N) is 4. The van der Waals surface area contributed by atoms with Crippen LogP contribution in [0.1, 0.15) is 60.3 Å². The Balaban J connectivity index is 2.11. The Morgan fingerprint density at radius 2 is 1.78 bits per heavy atom. The zero-order chi connectivity index (χ0) is 37.3. The summed E-state index contributed by atoms with van der Waals surface area (Å²) in [6.07, 6.45) is -10.7. The number of imide groups is 1. The Morgan fingerprint density at radius 1 is 1.10 bits per heavy atom. The second-order valence-corrected chi connectivity index (χ2v) is 12.1. The number of methoxy groups -OCH3 is 1. The number of aliphatic hydroxyl groups excluding tert-OH is 2. The van der Waals surface area contributed by atoms with Crippen molar-refractivity contribution in [3.8, 4) is 0 Å². The first-order valence-corrected chi connectivity index (χ1v) is 16.0. The van der Waals surface area contributed by atoms with Crippen molar-refractivity contribution in [3.05, 3.63) is 10.4 Å². The molecule has 0 spiro atoms. The average Bonchev–Trinajstić information content (AvgIpc) is 3.38. The number of carbonyl (C=O) groups excluding carboxylic acids is 6. The van der Waals surface area contributed by atoms with Gasteiger partial charge in [-0.25, -0.2) is 14.5 Å². The topological polar surface area (TPSA) is 269 Å². The number of ether oxygens (including phenoxy) is 8. The van der Waals surface area contributed by atoms with Crippen LogP contribution in [-0.2, 0) is 61.9 Å². The van der Waals surface area contributed by atoms with Gasteiger partial charge in [0.2, 0.25) is 5.91 Å². The van der Waals surface area contributed by atoms with E-state index in [1.54, 1.807) is 0 Å². The Bertz CT molecular complexity index is 1330. The molecule has 2 amide bonds. The van der Waals surface area contributed by atoms with Crippen LogP contribution in [0.2, 0.25) is 0 Å². The maximum atomic E-state index is 13.6. The van der Waals surface area contributed by atoms with Gasteiger partial charge in [0, 0.05) is 45.1 Å². The highest BCUT2D eigenvalue weighted by Crippen LogP contribution is 2.43. The van der Waals surface area contributed by atoms with Crippen LogP contribution in [0.5, 0.6) is 0 Å². The summed E-state index contributed by atoms with van der Waals surface area (Å²) in [7, 11) is 1.02. The number of aliphatic hydroxyl groups is 2. The molecule has 50 heavy (non-hydrogen) atoms. The van der Waals surface area contributed by atoms with E-state index in [-0.39, 0.29) is 13.0 Å². The van der Waals surface area contributed by atoms with Gasteiger partial charge in [-0.1, -0.05) is 18.5 Å². The number of rotatable bonds is 15. The third-order valence-electron chi connectivity index (χ3n) is 8.47. The Labute approximate surface area is 287 Å². The summed E-state index contributed by atoms with van der Waals surface area (Å²) < 4.78 is 44.8. The van der Waals surface area contributed by atoms with Gasteiger partial charge in [-0.3, -0.25) is 19.2 Å². The van der Waals surface area contributed by atoms with Crippen LogP contribution < -0.4 is 0 Å². The lowest BCUT2D eigenvalue weighted by Gasteiger charge is -2.48. The maximum Gasteiger partial charge on any atom is 0.417 e. The molecule has 0 aromatic heterocycles. The second-order valence-electron chi connectivity index (χ2n) is 12.1. The number of unbranched alkanes of at least 4 members (excludes halogenated alkanes) is 1. The molecule has 1 aliphatic carbocycles. The molecule has 2 N–H and O–H groups in total. The minimum atomic E-state index is -2.47. The van der Waals surface area contributed by atoms with Crippen LogP contribution in [-0.4, -0.2) is 139 Å². The lowest BCUT2D eigenvalue weighted by Crippen LogP contribution is -2.67. The fourth-order valence-electron chi connectivity index (χ4n) is 6.35. The minimum Gasteiger partial charge on any atom is -0.465 e. The number of esters is 4. The molecule has 20 heteroatoms. The van der Waals surface area contributed by atoms with Crippen LogP contribution in [0.3, 0.4) is 0 Å². The summed E-state index contributed by atoms with van der Waals surface area (Å²) in [6, 6.07) is -2.64. The zero-order valence-corrected chi connectivity index (χ0v) is 28.6. The van der Waals surface area contributed by atoms with E-state index in [1.165, 1.54) is 0 Å². The van der Waals surface area contributed by atoms with E-state index in [0.717, 1.165) is 41.2 Å². The first-order chi connectivity index (χ1) is 23.6. The summed E-state index contributed by atoms with van der Waals surface area (Å²) in [5.41, 5.74) is 8.99. The molecule has 2 saturated heterocycles. The van der Waals surface area contributed by atoms with Gasteiger partial charge in [-0.05, 0) is 18.4 Å². The van der Waals surface area contributed by atoms with Gasteiger partial charge in [0.05, 0.1) is 44.5 Å². The molecule has 11 atom stereocenters. The van der Waals surface area contributed by atoms with Gasteiger partial charge >= 0.3 is 30.0 Å². The number of carbonyl (C=O) groups is 6. The van der Waals surface area contributed by atoms with E-state index in [4.69, 9.17) is 43.4 Å². The van der Waals surface area contributed by atoms with Gasteiger partial charge < -0.3 is 48.1 Å². The third kappa shape index (κ3) is 9.37. The quantitative estimate of drug-likeness (QED) is 0.0581. The van der Waals surface area contributed by atoms with Gasteiger partial charge in [0.1, 0.15) is 24.9 Å². The van der Waals surface area contributed by atoms with E-state index in [0.29, 0.717) is 11.3 Å². The molecule has 0 radical (unpaired) electrons. The van der Waals surface area contributed by atoms with Crippen molar-refractivity contribution in [1.29, 1.82) is 0 Å². The third-order valence-corrected chi connectivity index (χ3v) is 8.47. The normalized spacial score (nSPS) is 31.6. The Kier molecular flexibility index (Phi) is 14.3. The van der Waals surface area contributed by atoms with Crippen LogP contribution in [0.15, 0.2) is 5.11 Å². The van der Waals surface area contributed by atoms with Gasteiger partial charge in [0.15, 0.2) is 12.2 Å². The number of azide groups is 1. The van der Waals surface area contributed by atoms with Crippen molar-refractivity contribution < 1.29 is 76.9 Å². The van der Waals surface area contributed by atoms with Crippen LogP contribution in [0.25, 0.3) is 10.4 Å². The molecule has 0 aromatic carbocycles. The van der Waals surface area contributed by atoms with Crippen molar-refractivity contribution >= 4 is 35.9 Å². The molecular weight excluding hydrogens is 672 g/mol. The van der Waals surface area contributed by atoms with Crippen LogP contribution in [0.4, 0.5) is 4.79 Å². The molecule has 3 fully saturated rings. The Hall–Kier alpha value is -4.07. The molecule has 0 aromatic rings. The van der Waals surface area contributed by atoms with Crippen molar-refractivity contribution in [2.24, 2.45) is 11.0 Å². The fourth-order valence-corrected chi connectivity index (χ4v) is 6.35. The minimum absolute atomic E-state index is 0.121. The summed E-state index contributed by atoms with van der Waals surface area (Å²) in [5.74, 6) is -7.91. The monoisotopic (exact) mass is 716 g/mol. The molecular formula is C30H44N4O16. The first-order valence-electron chi connectivity index (χ1n) is 16.0. The number of hydrogen-bond acceptors (Lipinski definition) is 17. The van der Waals surface area contributed by atoms with Gasteiger partial charge in [-0.15, -0.1) is 0 Å². The summed E-state index contributed by atoms with van der Waals surface area (Å²) in [4.78, 5) is 79.1. The second kappa shape index (κ2) is 17.7. The number of amides is 2. The summed E-state index contributed by atoms with van der Waals surface area (Å²) in [6.45, 7) is 5.15. The number of hydrogen-bond donors (Lipinski definition) is 2. The molecule has 2 aliphatic heterocycles. The molecule has 20 nitrogen and oxygen atoms in total. The standard InChI is InChI=1S/C30H44N4O16/c1-7-8-9-44-25-18(10-19(39)22(24(25)40)32-33-31)12-46-30(28(41)43-6)11-20-23(34(14(2)35)29(42)49-20)27(50-30)26(48-17(5)38)21(47-16(4)37)13-45-15(3)36/h18-27,39-40H,7-13H2,1-6H3/t18?,19-,20-,21-,22-,23-,24?,25+,26-,27?,30-/m1/s1. The lowest BCUT2D eigenvalue weighted by atomic mass is 9.79. The predicted molar refractivity (Wildman–Crippen MR) is 162 cm³/mol. The van der Waals surface area contributed by atoms with E-state index >= 15 is 0 Å². The van der Waals surface area contributed by atoms with Crippen molar-refractivity contribution in [2.75, 3.05) is 26.9 Å². The average molecular weight is 717 g/mol. The molecule has 1 saturated carbocycles. The first kappa shape index (κ1) is 40.4. The highest BCUT2D eigenvalue weighted by atomic mass is 16.7. The van der Waals surface area contributed by atoms with Crippen molar-refractivity contribution in [1.82, 2.24) is 4.90 Å². The maximum absolute atomic E-state index is 13.6. The predicted octanol–water partition coefficient (Wildman–Crippen LogP) is 0.430. The van der Waals surface area contributed by atoms with E-state index < -0.39 is 122 Å². The molecule has 3 unspecified atom stereocenters. The summed E-state index contributed by atoms with van der Waals surface area (Å²) >= 11 is 0. The van der Waals surface area contributed by atoms with Crippen LogP contribution >= 0.6 is 0 Å².